The standard InChI is InChI=1S/C13H12F6N2O/c1-21(2)10-11(12(14,15)16,13(17,18)19)20-9(22-10)8-6-4-3-5-7-8/h3-7,10H,1-2H3. The van der Waals surface area contributed by atoms with E-state index in [0.717, 1.165) is 14.1 Å². The molecule has 3 nitrogen and oxygen atoms in total. The van der Waals surface area contributed by atoms with Crippen LogP contribution in [-0.2, 0) is 4.74 Å². The van der Waals surface area contributed by atoms with E-state index in [4.69, 9.17) is 4.74 Å². The zero-order valence-corrected chi connectivity index (χ0v) is 11.5. The van der Waals surface area contributed by atoms with Gasteiger partial charge in [-0.2, -0.15) is 26.3 Å². The number of ether oxygens (including phenoxy) is 1. The second-order valence-electron chi connectivity index (χ2n) is 4.98. The Kier molecular flexibility index (Phi) is 3.88. The molecule has 1 unspecified atom stereocenters. The van der Waals surface area contributed by atoms with E-state index < -0.39 is 30.0 Å². The molecule has 0 saturated heterocycles. The van der Waals surface area contributed by atoms with Crippen molar-refractivity contribution in [2.75, 3.05) is 14.1 Å². The number of halogens is 6. The minimum Gasteiger partial charge on any atom is -0.455 e. The smallest absolute Gasteiger partial charge is 0.427 e. The Balaban J connectivity index is 2.64. The number of hydrogen-bond acceptors (Lipinski definition) is 3. The highest BCUT2D eigenvalue weighted by Crippen LogP contribution is 2.52. The van der Waals surface area contributed by atoms with Crippen LogP contribution in [0.2, 0.25) is 0 Å². The van der Waals surface area contributed by atoms with Gasteiger partial charge in [0, 0.05) is 5.56 Å². The summed E-state index contributed by atoms with van der Waals surface area (Å²) in [6.07, 6.45) is -13.6. The van der Waals surface area contributed by atoms with E-state index in [1.807, 2.05) is 0 Å². The second-order valence-corrected chi connectivity index (χ2v) is 4.98. The molecule has 0 fully saturated rings. The maximum absolute atomic E-state index is 13.3. The molecule has 2 rings (SSSR count). The summed E-state index contributed by atoms with van der Waals surface area (Å²) in [5.74, 6) is -0.686. The van der Waals surface area contributed by atoms with Crippen LogP contribution in [0.1, 0.15) is 5.56 Å². The first kappa shape index (κ1) is 16.6. The molecule has 0 aromatic heterocycles. The first-order valence-corrected chi connectivity index (χ1v) is 6.12. The molecule has 0 bridgehead atoms. The maximum atomic E-state index is 13.3. The fourth-order valence-electron chi connectivity index (χ4n) is 2.19. The van der Waals surface area contributed by atoms with Crippen molar-refractivity contribution in [1.82, 2.24) is 4.90 Å². The minimum atomic E-state index is -5.66. The van der Waals surface area contributed by atoms with Crippen LogP contribution in [-0.4, -0.2) is 49.0 Å². The summed E-state index contributed by atoms with van der Waals surface area (Å²) in [7, 11) is 2.14. The molecule has 1 aromatic rings. The summed E-state index contributed by atoms with van der Waals surface area (Å²) in [6, 6.07) is 7.16. The van der Waals surface area contributed by atoms with Crippen LogP contribution in [0, 0.1) is 0 Å². The van der Waals surface area contributed by atoms with E-state index in [1.165, 1.54) is 24.3 Å². The zero-order valence-electron chi connectivity index (χ0n) is 11.5. The number of benzene rings is 1. The fourth-order valence-corrected chi connectivity index (χ4v) is 2.19. The number of likely N-dealkylation sites (N-methyl/N-ethyl adjacent to an activating group) is 1. The Morgan fingerprint density at radius 1 is 1.00 bits per heavy atom. The number of nitrogens with zero attached hydrogens (tertiary/aromatic N) is 2. The summed E-state index contributed by atoms with van der Waals surface area (Å²) in [6.45, 7) is 0. The summed E-state index contributed by atoms with van der Waals surface area (Å²) >= 11 is 0. The summed E-state index contributed by atoms with van der Waals surface area (Å²) < 4.78 is 84.6. The molecule has 1 aliphatic rings. The third kappa shape index (κ3) is 2.43. The number of hydrogen-bond donors (Lipinski definition) is 0. The van der Waals surface area contributed by atoms with E-state index in [2.05, 4.69) is 4.99 Å². The summed E-state index contributed by atoms with van der Waals surface area (Å²) in [4.78, 5) is 3.65. The molecular weight excluding hydrogens is 314 g/mol. The minimum absolute atomic E-state index is 0.0460. The van der Waals surface area contributed by atoms with Gasteiger partial charge in [-0.25, -0.2) is 4.99 Å². The molecule has 1 heterocycles. The first-order valence-electron chi connectivity index (χ1n) is 6.12. The molecule has 0 radical (unpaired) electrons. The number of rotatable bonds is 2. The lowest BCUT2D eigenvalue weighted by molar-refractivity contribution is -0.321. The van der Waals surface area contributed by atoms with Gasteiger partial charge in [0.05, 0.1) is 0 Å². The van der Waals surface area contributed by atoms with E-state index in [0.29, 0.717) is 4.90 Å². The van der Waals surface area contributed by atoms with E-state index in [-0.39, 0.29) is 5.56 Å². The molecule has 0 spiro atoms. The molecule has 22 heavy (non-hydrogen) atoms. The summed E-state index contributed by atoms with van der Waals surface area (Å²) in [5, 5.41) is 0. The Bertz CT molecular complexity index is 550. The van der Waals surface area contributed by atoms with Gasteiger partial charge in [0.15, 0.2) is 6.23 Å². The normalized spacial score (nSPS) is 21.7. The molecule has 0 amide bonds. The lowest BCUT2D eigenvalue weighted by Crippen LogP contribution is -2.64. The van der Waals surface area contributed by atoms with Gasteiger partial charge in [0.25, 0.3) is 0 Å². The Hall–Kier alpha value is -1.77. The highest BCUT2D eigenvalue weighted by atomic mass is 19.4. The molecule has 1 atom stereocenters. The zero-order chi connectivity index (χ0) is 16.8. The van der Waals surface area contributed by atoms with E-state index in [1.54, 1.807) is 6.07 Å². The van der Waals surface area contributed by atoms with Crippen molar-refractivity contribution in [2.24, 2.45) is 4.99 Å². The lowest BCUT2D eigenvalue weighted by Gasteiger charge is -2.37. The average molecular weight is 326 g/mol. The predicted octanol–water partition coefficient (Wildman–Crippen LogP) is 3.21. The van der Waals surface area contributed by atoms with Crippen LogP contribution in [0.15, 0.2) is 35.3 Å². The van der Waals surface area contributed by atoms with Gasteiger partial charge in [0.2, 0.25) is 5.90 Å². The molecule has 0 N–H and O–H groups in total. The largest absolute Gasteiger partial charge is 0.455 e. The van der Waals surface area contributed by atoms with Crippen molar-refractivity contribution in [1.29, 1.82) is 0 Å². The number of aliphatic imine (C=N–C) groups is 1. The van der Waals surface area contributed by atoms with Crippen molar-refractivity contribution < 1.29 is 31.1 Å². The van der Waals surface area contributed by atoms with Crippen LogP contribution in [0.25, 0.3) is 0 Å². The van der Waals surface area contributed by atoms with Gasteiger partial charge in [-0.05, 0) is 26.2 Å². The Morgan fingerprint density at radius 3 is 1.86 bits per heavy atom. The third-order valence-corrected chi connectivity index (χ3v) is 3.21. The average Bonchev–Trinajstić information content (AvgIpc) is 2.80. The van der Waals surface area contributed by atoms with E-state index >= 15 is 0 Å². The Morgan fingerprint density at radius 2 is 1.50 bits per heavy atom. The molecule has 0 aliphatic carbocycles. The quantitative estimate of drug-likeness (QED) is 0.780. The summed E-state index contributed by atoms with van der Waals surface area (Å²) in [5.41, 5.74) is -4.28. The highest BCUT2D eigenvalue weighted by Gasteiger charge is 2.79. The molecule has 0 saturated carbocycles. The highest BCUT2D eigenvalue weighted by molar-refractivity contribution is 5.95. The van der Waals surface area contributed by atoms with Gasteiger partial charge in [0.1, 0.15) is 0 Å². The number of alkyl halides is 6. The second kappa shape index (κ2) is 5.15. The fraction of sp³-hybridized carbons (Fsp3) is 0.462. The molecule has 122 valence electrons. The van der Waals surface area contributed by atoms with Gasteiger partial charge in [-0.1, -0.05) is 18.2 Å². The van der Waals surface area contributed by atoms with Crippen LogP contribution in [0.3, 0.4) is 0 Å². The van der Waals surface area contributed by atoms with E-state index in [9.17, 15) is 26.3 Å². The predicted molar refractivity (Wildman–Crippen MR) is 66.4 cm³/mol. The van der Waals surface area contributed by atoms with Crippen molar-refractivity contribution in [3.8, 4) is 0 Å². The van der Waals surface area contributed by atoms with Gasteiger partial charge >= 0.3 is 17.9 Å². The van der Waals surface area contributed by atoms with Crippen molar-refractivity contribution in [2.45, 2.75) is 24.1 Å². The first-order chi connectivity index (χ1) is 10.0. The van der Waals surface area contributed by atoms with Crippen LogP contribution in [0.5, 0.6) is 0 Å². The lowest BCUT2D eigenvalue weighted by atomic mass is 9.96. The molecular formula is C13H12F6N2O. The van der Waals surface area contributed by atoms with Gasteiger partial charge in [-0.15, -0.1) is 0 Å². The Labute approximate surface area is 122 Å². The molecule has 9 heteroatoms. The topological polar surface area (TPSA) is 24.8 Å². The van der Waals surface area contributed by atoms with Crippen molar-refractivity contribution in [3.05, 3.63) is 35.9 Å². The SMILES string of the molecule is CN(C)C1OC(c2ccccc2)=NC1(C(F)(F)F)C(F)(F)F. The van der Waals surface area contributed by atoms with Gasteiger partial charge in [-0.3, -0.25) is 4.90 Å². The van der Waals surface area contributed by atoms with Gasteiger partial charge < -0.3 is 4.74 Å². The van der Waals surface area contributed by atoms with Crippen molar-refractivity contribution >= 4 is 5.90 Å². The maximum Gasteiger partial charge on any atom is 0.427 e. The van der Waals surface area contributed by atoms with Crippen LogP contribution < -0.4 is 0 Å². The monoisotopic (exact) mass is 326 g/mol. The third-order valence-electron chi connectivity index (χ3n) is 3.21. The molecule has 1 aliphatic heterocycles. The van der Waals surface area contributed by atoms with Crippen molar-refractivity contribution in [3.63, 3.8) is 0 Å². The van der Waals surface area contributed by atoms with Crippen LogP contribution >= 0.6 is 0 Å². The van der Waals surface area contributed by atoms with Crippen LogP contribution in [0.4, 0.5) is 26.3 Å². The molecule has 1 aromatic carbocycles.